The Morgan fingerprint density at radius 2 is 2.06 bits per heavy atom. The molecule has 1 heterocycles. The van der Waals surface area contributed by atoms with Crippen molar-refractivity contribution in [1.82, 2.24) is 4.72 Å². The molecular weight excluding hydrogens is 315 g/mol. The van der Waals surface area contributed by atoms with Crippen molar-refractivity contribution in [3.05, 3.63) is 22.4 Å². The fraction of sp³-hybridized carbons (Fsp3) is 0.300. The summed E-state index contributed by atoms with van der Waals surface area (Å²) < 4.78 is 16.2. The van der Waals surface area contributed by atoms with Gasteiger partial charge in [0.15, 0.2) is 0 Å². The van der Waals surface area contributed by atoms with Crippen LogP contribution < -0.4 is 4.72 Å². The third-order valence-corrected chi connectivity index (χ3v) is 3.38. The van der Waals surface area contributed by atoms with Gasteiger partial charge in [-0.05, 0) is 51.6 Å². The molecule has 0 atom stereocenters. The number of hydrogen-bond donors (Lipinski definition) is 1. The van der Waals surface area contributed by atoms with E-state index in [4.69, 9.17) is 11.6 Å². The Morgan fingerprint density at radius 3 is 2.69 bits per heavy atom. The summed E-state index contributed by atoms with van der Waals surface area (Å²) in [5.74, 6) is -0.338. The van der Waals surface area contributed by atoms with Crippen LogP contribution in [0.3, 0.4) is 0 Å². The number of fused-ring (bicyclic) bond motifs is 1. The highest BCUT2D eigenvalue weighted by atomic mass is 79.9. The molecule has 0 spiro atoms. The molecule has 2 rings (SSSR count). The van der Waals surface area contributed by atoms with E-state index in [1.807, 2.05) is 13.8 Å². The van der Waals surface area contributed by atoms with E-state index in [0.717, 1.165) is 4.90 Å². The van der Waals surface area contributed by atoms with Gasteiger partial charge < -0.3 is 4.72 Å². The normalized spacial score (nSPS) is 12.2. The second-order valence-corrected chi connectivity index (χ2v) is 4.31. The largest absolute Gasteiger partial charge is 0.300 e. The number of nitrogens with one attached hydrogen (secondary N) is 1. The SMILES string of the molecule is C.CC.Fc1ccc2c(c1Br)N=C(Cl)NS2. The van der Waals surface area contributed by atoms with Gasteiger partial charge in [0, 0.05) is 0 Å². The van der Waals surface area contributed by atoms with Gasteiger partial charge >= 0.3 is 0 Å². The van der Waals surface area contributed by atoms with Crippen molar-refractivity contribution >= 4 is 50.5 Å². The third kappa shape index (κ3) is 3.37. The number of aliphatic imine (C=N–C) groups is 1. The smallest absolute Gasteiger partial charge is 0.206 e. The average molecular weight is 328 g/mol. The van der Waals surface area contributed by atoms with Gasteiger partial charge in [-0.3, -0.25) is 0 Å². The minimum atomic E-state index is -0.338. The minimum absolute atomic E-state index is 0. The zero-order chi connectivity index (χ0) is 11.4. The molecule has 0 radical (unpaired) electrons. The molecule has 0 fully saturated rings. The monoisotopic (exact) mass is 326 g/mol. The van der Waals surface area contributed by atoms with Crippen molar-refractivity contribution in [2.24, 2.45) is 4.99 Å². The van der Waals surface area contributed by atoms with E-state index in [-0.39, 0.29) is 18.5 Å². The van der Waals surface area contributed by atoms with Gasteiger partial charge in [0.25, 0.3) is 0 Å². The van der Waals surface area contributed by atoms with Crippen LogP contribution >= 0.6 is 39.5 Å². The Morgan fingerprint density at radius 1 is 1.44 bits per heavy atom. The maximum Gasteiger partial charge on any atom is 0.206 e. The lowest BCUT2D eigenvalue weighted by atomic mass is 10.3. The number of halogens is 3. The van der Waals surface area contributed by atoms with Gasteiger partial charge in [-0.1, -0.05) is 21.3 Å². The summed E-state index contributed by atoms with van der Waals surface area (Å²) in [5, 5.41) is 0.254. The standard InChI is InChI=1S/C7H3BrClFN2S.C2H6.CH4/c8-5-3(10)1-2-4-6(5)11-7(9)12-13-4;1-2;/h1-2H,(H,11,12);1-2H3;1H4. The molecule has 0 aliphatic carbocycles. The van der Waals surface area contributed by atoms with Crippen LogP contribution in [0, 0.1) is 5.82 Å². The highest BCUT2D eigenvalue weighted by Crippen LogP contribution is 2.39. The van der Waals surface area contributed by atoms with Crippen molar-refractivity contribution in [1.29, 1.82) is 0 Å². The van der Waals surface area contributed by atoms with Gasteiger partial charge in [-0.15, -0.1) is 0 Å². The minimum Gasteiger partial charge on any atom is -0.300 e. The van der Waals surface area contributed by atoms with Crippen molar-refractivity contribution in [2.75, 3.05) is 0 Å². The maximum atomic E-state index is 13.0. The van der Waals surface area contributed by atoms with Gasteiger partial charge in [0.1, 0.15) is 5.82 Å². The predicted octanol–water partition coefficient (Wildman–Crippen LogP) is 5.09. The van der Waals surface area contributed by atoms with Crippen LogP contribution in [0.1, 0.15) is 21.3 Å². The van der Waals surface area contributed by atoms with E-state index in [1.54, 1.807) is 6.07 Å². The average Bonchev–Trinajstić information content (AvgIpc) is 2.27. The summed E-state index contributed by atoms with van der Waals surface area (Å²) in [7, 11) is 0. The molecule has 1 aromatic rings. The molecule has 0 aromatic heterocycles. The molecule has 0 unspecified atom stereocenters. The number of rotatable bonds is 0. The topological polar surface area (TPSA) is 24.4 Å². The number of hydrogen-bond acceptors (Lipinski definition) is 3. The van der Waals surface area contributed by atoms with E-state index in [2.05, 4.69) is 25.6 Å². The Bertz CT molecular complexity index is 399. The number of benzene rings is 1. The summed E-state index contributed by atoms with van der Waals surface area (Å²) in [6.07, 6.45) is 0. The van der Waals surface area contributed by atoms with Crippen LogP contribution in [-0.4, -0.2) is 5.29 Å². The summed E-state index contributed by atoms with van der Waals surface area (Å²) in [6, 6.07) is 3.03. The quantitative estimate of drug-likeness (QED) is 0.530. The molecule has 1 N–H and O–H groups in total. The maximum absolute atomic E-state index is 13.0. The van der Waals surface area contributed by atoms with Gasteiger partial charge in [-0.2, -0.15) is 0 Å². The van der Waals surface area contributed by atoms with Crippen LogP contribution in [0.2, 0.25) is 0 Å². The van der Waals surface area contributed by atoms with Crippen molar-refractivity contribution in [2.45, 2.75) is 26.2 Å². The summed E-state index contributed by atoms with van der Waals surface area (Å²) >= 11 is 10.1. The number of amidine groups is 1. The molecule has 90 valence electrons. The summed E-state index contributed by atoms with van der Waals surface area (Å²) in [6.45, 7) is 4.00. The first kappa shape index (κ1) is 15.7. The second-order valence-electron chi connectivity index (χ2n) is 2.31. The first-order valence-corrected chi connectivity index (χ1v) is 6.32. The molecular formula is C10H13BrClFN2S. The molecule has 0 saturated carbocycles. The lowest BCUT2D eigenvalue weighted by molar-refractivity contribution is 0.620. The molecule has 0 saturated heterocycles. The molecule has 1 aliphatic rings. The van der Waals surface area contributed by atoms with Gasteiger partial charge in [0.2, 0.25) is 5.29 Å². The fourth-order valence-corrected chi connectivity index (χ4v) is 2.31. The zero-order valence-electron chi connectivity index (χ0n) is 8.14. The molecule has 6 heteroatoms. The van der Waals surface area contributed by atoms with Gasteiger partial charge in [-0.25, -0.2) is 9.38 Å². The Labute approximate surface area is 113 Å². The lowest BCUT2D eigenvalue weighted by Crippen LogP contribution is -2.11. The fourth-order valence-electron chi connectivity index (χ4n) is 0.927. The van der Waals surface area contributed by atoms with E-state index in [9.17, 15) is 4.39 Å². The van der Waals surface area contributed by atoms with Crippen LogP contribution in [-0.2, 0) is 0 Å². The Kier molecular flexibility index (Phi) is 7.03. The van der Waals surface area contributed by atoms with Crippen LogP contribution in [0.15, 0.2) is 26.5 Å². The number of nitrogens with zero attached hydrogens (tertiary/aromatic N) is 1. The second kappa shape index (κ2) is 7.14. The van der Waals surface area contributed by atoms with Crippen molar-refractivity contribution in [3.8, 4) is 0 Å². The predicted molar refractivity (Wildman–Crippen MR) is 74.1 cm³/mol. The highest BCUT2D eigenvalue weighted by Gasteiger charge is 2.16. The molecule has 1 aliphatic heterocycles. The molecule has 2 nitrogen and oxygen atoms in total. The Hall–Kier alpha value is -0.260. The summed E-state index contributed by atoms with van der Waals surface area (Å²) in [5.41, 5.74) is 0.536. The molecule has 0 bridgehead atoms. The van der Waals surface area contributed by atoms with Crippen molar-refractivity contribution in [3.63, 3.8) is 0 Å². The van der Waals surface area contributed by atoms with Crippen LogP contribution in [0.4, 0.5) is 10.1 Å². The molecule has 1 aromatic carbocycles. The molecule has 16 heavy (non-hydrogen) atoms. The highest BCUT2D eigenvalue weighted by molar-refractivity contribution is 9.10. The van der Waals surface area contributed by atoms with E-state index >= 15 is 0 Å². The van der Waals surface area contributed by atoms with E-state index in [1.165, 1.54) is 18.0 Å². The van der Waals surface area contributed by atoms with Gasteiger partial charge in [0.05, 0.1) is 15.1 Å². The van der Waals surface area contributed by atoms with E-state index < -0.39 is 0 Å². The van der Waals surface area contributed by atoms with Crippen LogP contribution in [0.25, 0.3) is 0 Å². The third-order valence-electron chi connectivity index (χ3n) is 1.49. The van der Waals surface area contributed by atoms with E-state index in [0.29, 0.717) is 10.2 Å². The van der Waals surface area contributed by atoms with Crippen LogP contribution in [0.5, 0.6) is 0 Å². The van der Waals surface area contributed by atoms with Crippen molar-refractivity contribution < 1.29 is 4.39 Å². The zero-order valence-corrected chi connectivity index (χ0v) is 11.3. The first-order chi connectivity index (χ1) is 7.18. The first-order valence-electron chi connectivity index (χ1n) is 4.33. The molecule has 0 amide bonds. The lowest BCUT2D eigenvalue weighted by Gasteiger charge is -2.13. The summed E-state index contributed by atoms with van der Waals surface area (Å²) in [4.78, 5) is 4.81. The Balaban J connectivity index is 0.000000711.